The van der Waals surface area contributed by atoms with Crippen LogP contribution in [-0.4, -0.2) is 28.4 Å². The normalized spacial score (nSPS) is 12.4. The van der Waals surface area contributed by atoms with Gasteiger partial charge in [0.25, 0.3) is 6.48 Å². The number of hydrogen-bond acceptors (Lipinski definition) is 3. The van der Waals surface area contributed by atoms with Crippen LogP contribution in [-0.2, 0) is 19.9 Å². The van der Waals surface area contributed by atoms with Crippen LogP contribution in [0.5, 0.6) is 0 Å². The van der Waals surface area contributed by atoms with E-state index in [1.807, 2.05) is 27.7 Å². The Bertz CT molecular complexity index is 403. The molecular weight excluding hydrogens is 282 g/mol. The summed E-state index contributed by atoms with van der Waals surface area (Å²) in [5.41, 5.74) is 0.725. The summed E-state index contributed by atoms with van der Waals surface area (Å²) < 4.78 is 42.5. The lowest BCUT2D eigenvalue weighted by Crippen LogP contribution is -2.29. The average molecular weight is 304 g/mol. The molecule has 0 radical (unpaired) electrons. The first-order chi connectivity index (χ1) is 9.38. The second-order valence-corrected chi connectivity index (χ2v) is 6.27. The van der Waals surface area contributed by atoms with Gasteiger partial charge < -0.3 is 13.9 Å². The SMILES string of the molecule is CC(C)OC(O[SiH2]Cc1ccc(F)c(F)c1)OC(C)C. The Morgan fingerprint density at radius 3 is 2.10 bits per heavy atom. The van der Waals surface area contributed by atoms with Crippen molar-refractivity contribution >= 4 is 9.76 Å². The van der Waals surface area contributed by atoms with E-state index in [9.17, 15) is 8.78 Å². The fraction of sp³-hybridized carbons (Fsp3) is 0.571. The van der Waals surface area contributed by atoms with Crippen LogP contribution < -0.4 is 0 Å². The fourth-order valence-corrected chi connectivity index (χ4v) is 2.54. The number of rotatable bonds is 8. The minimum absolute atomic E-state index is 0.00369. The summed E-state index contributed by atoms with van der Waals surface area (Å²) in [4.78, 5) is 0. The van der Waals surface area contributed by atoms with Crippen molar-refractivity contribution in [2.24, 2.45) is 0 Å². The molecule has 3 nitrogen and oxygen atoms in total. The quantitative estimate of drug-likeness (QED) is 0.546. The number of ether oxygens (including phenoxy) is 2. The molecule has 0 spiro atoms. The molecule has 1 aromatic carbocycles. The molecule has 0 amide bonds. The van der Waals surface area contributed by atoms with Gasteiger partial charge in [0.2, 0.25) is 0 Å². The fourth-order valence-electron chi connectivity index (χ4n) is 1.52. The van der Waals surface area contributed by atoms with Crippen molar-refractivity contribution in [1.29, 1.82) is 0 Å². The lowest BCUT2D eigenvalue weighted by Gasteiger charge is -2.23. The van der Waals surface area contributed by atoms with Gasteiger partial charge in [0, 0.05) is 0 Å². The van der Waals surface area contributed by atoms with Gasteiger partial charge in [0.15, 0.2) is 21.4 Å². The molecule has 0 N–H and O–H groups in total. The molecular formula is C14H22F2O3Si. The van der Waals surface area contributed by atoms with Gasteiger partial charge in [-0.2, -0.15) is 0 Å². The number of benzene rings is 1. The monoisotopic (exact) mass is 304 g/mol. The van der Waals surface area contributed by atoms with Gasteiger partial charge in [0.05, 0.1) is 12.2 Å². The Morgan fingerprint density at radius 2 is 1.60 bits per heavy atom. The molecule has 0 saturated heterocycles. The summed E-state index contributed by atoms with van der Waals surface area (Å²) in [6.45, 7) is 6.91. The largest absolute Gasteiger partial charge is 0.378 e. The predicted molar refractivity (Wildman–Crippen MR) is 75.9 cm³/mol. The van der Waals surface area contributed by atoms with Crippen LogP contribution in [0.25, 0.3) is 0 Å². The third kappa shape index (κ3) is 6.56. The molecule has 6 heteroatoms. The highest BCUT2D eigenvalue weighted by Gasteiger charge is 2.14. The Hall–Kier alpha value is -0.823. The van der Waals surface area contributed by atoms with Crippen LogP contribution in [0.1, 0.15) is 33.3 Å². The van der Waals surface area contributed by atoms with Crippen LogP contribution in [0, 0.1) is 11.6 Å². The third-order valence-corrected chi connectivity index (χ3v) is 3.68. The maximum atomic E-state index is 13.1. The van der Waals surface area contributed by atoms with Crippen LogP contribution in [0.15, 0.2) is 18.2 Å². The summed E-state index contributed by atoms with van der Waals surface area (Å²) >= 11 is 0. The Morgan fingerprint density at radius 1 is 1.00 bits per heavy atom. The van der Waals surface area contributed by atoms with Crippen LogP contribution in [0.4, 0.5) is 8.78 Å². The second-order valence-electron chi connectivity index (χ2n) is 5.03. The first-order valence-electron chi connectivity index (χ1n) is 6.75. The smallest absolute Gasteiger partial charge is 0.262 e. The van der Waals surface area contributed by atoms with Crippen molar-refractivity contribution in [3.8, 4) is 0 Å². The van der Waals surface area contributed by atoms with E-state index < -0.39 is 27.9 Å². The van der Waals surface area contributed by atoms with E-state index in [0.717, 1.165) is 11.6 Å². The number of halogens is 2. The van der Waals surface area contributed by atoms with Crippen molar-refractivity contribution in [1.82, 2.24) is 0 Å². The number of hydrogen-bond donors (Lipinski definition) is 0. The van der Waals surface area contributed by atoms with Gasteiger partial charge in [-0.1, -0.05) is 6.07 Å². The lowest BCUT2D eigenvalue weighted by atomic mass is 10.2. The Kier molecular flexibility index (Phi) is 7.29. The first-order valence-corrected chi connectivity index (χ1v) is 8.32. The predicted octanol–water partition coefficient (Wildman–Crippen LogP) is 2.70. The molecule has 1 rings (SSSR count). The molecule has 1 aromatic rings. The standard InChI is InChI=1S/C14H22F2O3Si/c1-9(2)17-14(18-10(3)4)19-20-8-11-5-6-12(15)13(16)7-11/h5-7,9-10,14H,8,20H2,1-4H3. The Labute approximate surface area is 121 Å². The van der Waals surface area contributed by atoms with Gasteiger partial charge in [-0.15, -0.1) is 0 Å². The van der Waals surface area contributed by atoms with Crippen molar-refractivity contribution < 1.29 is 22.7 Å². The highest BCUT2D eigenvalue weighted by Crippen LogP contribution is 2.10. The van der Waals surface area contributed by atoms with E-state index in [-0.39, 0.29) is 12.2 Å². The van der Waals surface area contributed by atoms with E-state index in [1.54, 1.807) is 6.07 Å². The molecule has 0 aliphatic heterocycles. The van der Waals surface area contributed by atoms with Crippen LogP contribution in [0.2, 0.25) is 0 Å². The zero-order chi connectivity index (χ0) is 15.1. The zero-order valence-corrected chi connectivity index (χ0v) is 13.8. The van der Waals surface area contributed by atoms with E-state index >= 15 is 0 Å². The molecule has 0 aliphatic rings. The zero-order valence-electron chi connectivity index (χ0n) is 12.4. The molecule has 0 saturated carbocycles. The van der Waals surface area contributed by atoms with Gasteiger partial charge in [-0.05, 0) is 51.4 Å². The van der Waals surface area contributed by atoms with Gasteiger partial charge in [-0.25, -0.2) is 8.78 Å². The van der Waals surface area contributed by atoms with Crippen molar-refractivity contribution in [2.75, 3.05) is 0 Å². The molecule has 0 unspecified atom stereocenters. The van der Waals surface area contributed by atoms with Crippen LogP contribution >= 0.6 is 0 Å². The van der Waals surface area contributed by atoms with E-state index in [4.69, 9.17) is 13.9 Å². The molecule has 0 aliphatic carbocycles. The van der Waals surface area contributed by atoms with Gasteiger partial charge >= 0.3 is 0 Å². The highest BCUT2D eigenvalue weighted by atomic mass is 28.2. The van der Waals surface area contributed by atoms with Crippen molar-refractivity contribution in [3.05, 3.63) is 35.4 Å². The van der Waals surface area contributed by atoms with Crippen molar-refractivity contribution in [3.63, 3.8) is 0 Å². The van der Waals surface area contributed by atoms with E-state index in [0.29, 0.717) is 6.04 Å². The summed E-state index contributed by atoms with van der Waals surface area (Å²) in [7, 11) is -0.988. The summed E-state index contributed by atoms with van der Waals surface area (Å²) in [5.74, 6) is -1.66. The minimum atomic E-state index is -0.988. The molecule has 114 valence electrons. The van der Waals surface area contributed by atoms with Crippen molar-refractivity contribution in [2.45, 2.75) is 52.4 Å². The molecule has 0 aromatic heterocycles. The minimum Gasteiger partial charge on any atom is -0.378 e. The molecule has 0 bridgehead atoms. The van der Waals surface area contributed by atoms with Crippen LogP contribution in [0.3, 0.4) is 0 Å². The molecule has 0 heterocycles. The first kappa shape index (κ1) is 17.2. The summed E-state index contributed by atoms with van der Waals surface area (Å²) in [6, 6.07) is 4.49. The second kappa shape index (κ2) is 8.46. The molecule has 0 fully saturated rings. The summed E-state index contributed by atoms with van der Waals surface area (Å²) in [5, 5.41) is 0. The van der Waals surface area contributed by atoms with Gasteiger partial charge in [-0.3, -0.25) is 0 Å². The maximum Gasteiger partial charge on any atom is 0.262 e. The van der Waals surface area contributed by atoms with E-state index in [2.05, 4.69) is 0 Å². The third-order valence-electron chi connectivity index (χ3n) is 2.40. The van der Waals surface area contributed by atoms with Gasteiger partial charge in [0.1, 0.15) is 0 Å². The molecule has 0 atom stereocenters. The van der Waals surface area contributed by atoms with E-state index in [1.165, 1.54) is 6.07 Å². The molecule has 20 heavy (non-hydrogen) atoms. The lowest BCUT2D eigenvalue weighted by molar-refractivity contribution is -0.275. The highest BCUT2D eigenvalue weighted by molar-refractivity contribution is 6.26. The average Bonchev–Trinajstić information content (AvgIpc) is 2.32. The topological polar surface area (TPSA) is 27.7 Å². The summed E-state index contributed by atoms with van der Waals surface area (Å²) in [6.07, 6.45) is -0.00738. The maximum absolute atomic E-state index is 13.1. The Balaban J connectivity index is 2.44.